The van der Waals surface area contributed by atoms with Crippen LogP contribution in [0.2, 0.25) is 0 Å². The van der Waals surface area contributed by atoms with Gasteiger partial charge in [0.25, 0.3) is 0 Å². The first kappa shape index (κ1) is 11.2. The highest BCUT2D eigenvalue weighted by Gasteiger charge is 2.52. The van der Waals surface area contributed by atoms with Gasteiger partial charge in [0.05, 0.1) is 6.61 Å². The van der Waals surface area contributed by atoms with Gasteiger partial charge in [-0.25, -0.2) is 0 Å². The molecule has 3 rings (SSSR count). The van der Waals surface area contributed by atoms with Crippen molar-refractivity contribution < 1.29 is 4.74 Å². The molecule has 17 heavy (non-hydrogen) atoms. The summed E-state index contributed by atoms with van der Waals surface area (Å²) in [5.74, 6) is 0.683. The van der Waals surface area contributed by atoms with Crippen LogP contribution in [-0.4, -0.2) is 26.3 Å². The summed E-state index contributed by atoms with van der Waals surface area (Å²) in [5.41, 5.74) is 1.89. The lowest BCUT2D eigenvalue weighted by molar-refractivity contribution is 0.171. The van der Waals surface area contributed by atoms with Gasteiger partial charge in [0.1, 0.15) is 0 Å². The van der Waals surface area contributed by atoms with Gasteiger partial charge in [-0.05, 0) is 31.9 Å². The van der Waals surface area contributed by atoms with E-state index in [1.165, 1.54) is 24.8 Å². The van der Waals surface area contributed by atoms with Gasteiger partial charge in [-0.3, -0.25) is 0 Å². The van der Waals surface area contributed by atoms with E-state index in [-0.39, 0.29) is 0 Å². The Bertz CT molecular complexity index is 366. The first-order chi connectivity index (χ1) is 8.37. The molecule has 1 N–H and O–H groups in total. The van der Waals surface area contributed by atoms with Gasteiger partial charge in [0.2, 0.25) is 0 Å². The number of benzene rings is 1. The van der Waals surface area contributed by atoms with E-state index in [1.807, 2.05) is 0 Å². The number of hydrogen-bond donors (Lipinski definition) is 1. The fraction of sp³-hybridized carbons (Fsp3) is 0.600. The van der Waals surface area contributed by atoms with Crippen LogP contribution in [-0.2, 0) is 10.2 Å². The Hall–Kier alpha value is -0.860. The molecule has 0 bridgehead atoms. The third-order valence-corrected chi connectivity index (χ3v) is 4.48. The van der Waals surface area contributed by atoms with Crippen molar-refractivity contribution in [2.45, 2.75) is 30.7 Å². The number of ether oxygens (including phenoxy) is 1. The number of rotatable bonds is 4. The van der Waals surface area contributed by atoms with Crippen LogP contribution in [0.4, 0.5) is 0 Å². The van der Waals surface area contributed by atoms with Crippen molar-refractivity contribution in [2.24, 2.45) is 5.92 Å². The first-order valence-corrected chi connectivity index (χ1v) is 6.67. The Labute approximate surface area is 103 Å². The average Bonchev–Trinajstić information content (AvgIpc) is 3.00. The van der Waals surface area contributed by atoms with Gasteiger partial charge in [0, 0.05) is 24.0 Å². The fourth-order valence-corrected chi connectivity index (χ4v) is 3.46. The van der Waals surface area contributed by atoms with Crippen LogP contribution in [0.1, 0.15) is 24.8 Å². The highest BCUT2D eigenvalue weighted by atomic mass is 16.5. The van der Waals surface area contributed by atoms with Gasteiger partial charge >= 0.3 is 0 Å². The number of hydrogen-bond acceptors (Lipinski definition) is 2. The molecular formula is C15H21NO. The quantitative estimate of drug-likeness (QED) is 0.859. The Morgan fingerprint density at radius 2 is 2.06 bits per heavy atom. The molecule has 1 aromatic rings. The molecule has 0 radical (unpaired) electrons. The zero-order valence-electron chi connectivity index (χ0n) is 10.5. The van der Waals surface area contributed by atoms with Gasteiger partial charge in [-0.1, -0.05) is 30.3 Å². The normalized spacial score (nSPS) is 27.9. The molecule has 0 aromatic heterocycles. The van der Waals surface area contributed by atoms with E-state index in [0.29, 0.717) is 17.4 Å². The lowest BCUT2D eigenvalue weighted by Gasteiger charge is -2.31. The molecular weight excluding hydrogens is 210 g/mol. The van der Waals surface area contributed by atoms with Crippen LogP contribution in [0, 0.1) is 5.92 Å². The summed E-state index contributed by atoms with van der Waals surface area (Å²) in [4.78, 5) is 0. The standard InChI is InChI=1S/C15H21NO/c1-16-14(12-7-10-17-11-12)15(8-9-15)13-5-3-2-4-6-13/h2-6,12,14,16H,7-11H2,1H3. The SMILES string of the molecule is CNC(C1CCOC1)C1(c2ccccc2)CC1. The van der Waals surface area contributed by atoms with Crippen molar-refractivity contribution in [3.05, 3.63) is 35.9 Å². The van der Waals surface area contributed by atoms with Crippen molar-refractivity contribution in [3.8, 4) is 0 Å². The largest absolute Gasteiger partial charge is 0.381 e. The van der Waals surface area contributed by atoms with E-state index < -0.39 is 0 Å². The fourth-order valence-electron chi connectivity index (χ4n) is 3.46. The lowest BCUT2D eigenvalue weighted by Crippen LogP contribution is -2.44. The summed E-state index contributed by atoms with van der Waals surface area (Å²) in [5, 5.41) is 3.57. The third-order valence-electron chi connectivity index (χ3n) is 4.48. The Morgan fingerprint density at radius 1 is 1.29 bits per heavy atom. The molecule has 2 aliphatic rings. The van der Waals surface area contributed by atoms with Gasteiger partial charge in [-0.2, -0.15) is 0 Å². The Kier molecular flexibility index (Phi) is 2.93. The van der Waals surface area contributed by atoms with Gasteiger partial charge in [0.15, 0.2) is 0 Å². The molecule has 2 heteroatoms. The summed E-state index contributed by atoms with van der Waals surface area (Å²) in [6, 6.07) is 11.6. The number of nitrogens with one attached hydrogen (secondary N) is 1. The van der Waals surface area contributed by atoms with E-state index in [0.717, 1.165) is 13.2 Å². The monoisotopic (exact) mass is 231 g/mol. The van der Waals surface area contributed by atoms with Crippen molar-refractivity contribution >= 4 is 0 Å². The zero-order valence-corrected chi connectivity index (χ0v) is 10.5. The van der Waals surface area contributed by atoms with E-state index in [1.54, 1.807) is 0 Å². The smallest absolute Gasteiger partial charge is 0.0510 e. The highest BCUT2D eigenvalue weighted by molar-refractivity contribution is 5.34. The molecule has 1 saturated carbocycles. The molecule has 0 amide bonds. The summed E-state index contributed by atoms with van der Waals surface area (Å²) < 4.78 is 5.56. The number of likely N-dealkylation sites (N-methyl/N-ethyl adjacent to an activating group) is 1. The molecule has 1 aliphatic carbocycles. The highest BCUT2D eigenvalue weighted by Crippen LogP contribution is 2.53. The zero-order chi connectivity index (χ0) is 11.7. The molecule has 92 valence electrons. The minimum Gasteiger partial charge on any atom is -0.381 e. The van der Waals surface area contributed by atoms with Crippen molar-refractivity contribution in [1.82, 2.24) is 5.32 Å². The summed E-state index contributed by atoms with van der Waals surface area (Å²) in [6.45, 7) is 1.87. The van der Waals surface area contributed by atoms with Crippen molar-refractivity contribution in [2.75, 3.05) is 20.3 Å². The Balaban J connectivity index is 1.86. The topological polar surface area (TPSA) is 21.3 Å². The minimum atomic E-state index is 0.383. The second kappa shape index (κ2) is 4.43. The Morgan fingerprint density at radius 3 is 2.59 bits per heavy atom. The molecule has 2 nitrogen and oxygen atoms in total. The second-order valence-electron chi connectivity index (χ2n) is 5.41. The minimum absolute atomic E-state index is 0.383. The van der Waals surface area contributed by atoms with Crippen LogP contribution in [0.15, 0.2) is 30.3 Å². The second-order valence-corrected chi connectivity index (χ2v) is 5.41. The molecule has 1 aromatic carbocycles. The van der Waals surface area contributed by atoms with E-state index >= 15 is 0 Å². The molecule has 1 aliphatic heterocycles. The van der Waals surface area contributed by atoms with Crippen LogP contribution in [0.25, 0.3) is 0 Å². The third kappa shape index (κ3) is 1.90. The summed E-state index contributed by atoms with van der Waals surface area (Å²) >= 11 is 0. The molecule has 0 spiro atoms. The molecule has 2 unspecified atom stereocenters. The van der Waals surface area contributed by atoms with Crippen LogP contribution in [0.3, 0.4) is 0 Å². The van der Waals surface area contributed by atoms with Gasteiger partial charge in [-0.15, -0.1) is 0 Å². The van der Waals surface area contributed by atoms with E-state index in [2.05, 4.69) is 42.7 Å². The maximum atomic E-state index is 5.56. The molecule has 2 atom stereocenters. The lowest BCUT2D eigenvalue weighted by atomic mass is 9.80. The maximum absolute atomic E-state index is 5.56. The maximum Gasteiger partial charge on any atom is 0.0510 e. The predicted octanol–water partition coefficient (Wildman–Crippen LogP) is 2.34. The van der Waals surface area contributed by atoms with E-state index in [9.17, 15) is 0 Å². The van der Waals surface area contributed by atoms with Crippen LogP contribution >= 0.6 is 0 Å². The van der Waals surface area contributed by atoms with Gasteiger partial charge < -0.3 is 10.1 Å². The summed E-state index contributed by atoms with van der Waals surface area (Å²) in [6.07, 6.45) is 3.85. The van der Waals surface area contributed by atoms with Crippen molar-refractivity contribution in [1.29, 1.82) is 0 Å². The van der Waals surface area contributed by atoms with E-state index in [4.69, 9.17) is 4.74 Å². The summed E-state index contributed by atoms with van der Waals surface area (Å²) in [7, 11) is 2.10. The molecule has 2 fully saturated rings. The predicted molar refractivity (Wildman–Crippen MR) is 69.1 cm³/mol. The van der Waals surface area contributed by atoms with Crippen LogP contribution in [0.5, 0.6) is 0 Å². The van der Waals surface area contributed by atoms with Crippen LogP contribution < -0.4 is 5.32 Å². The van der Waals surface area contributed by atoms with Crippen molar-refractivity contribution in [3.63, 3.8) is 0 Å². The first-order valence-electron chi connectivity index (χ1n) is 6.67. The molecule has 1 saturated heterocycles. The average molecular weight is 231 g/mol. The molecule has 1 heterocycles.